The van der Waals surface area contributed by atoms with Crippen molar-refractivity contribution in [2.24, 2.45) is 5.73 Å². The second kappa shape index (κ2) is 15.1. The number of pyridine rings is 1. The largest absolute Gasteiger partial charge is 0.493 e. The van der Waals surface area contributed by atoms with Crippen LogP contribution in [0.2, 0.25) is 0 Å². The van der Waals surface area contributed by atoms with Gasteiger partial charge in [-0.3, -0.25) is 9.59 Å². The third-order valence-electron chi connectivity index (χ3n) is 3.44. The second-order valence-electron chi connectivity index (χ2n) is 5.21. The van der Waals surface area contributed by atoms with Crippen LogP contribution < -0.4 is 15.2 Å². The smallest absolute Gasteiger partial charge is 0.338 e. The van der Waals surface area contributed by atoms with Crippen LogP contribution in [0.3, 0.4) is 0 Å². The van der Waals surface area contributed by atoms with Gasteiger partial charge in [0.25, 0.3) is 5.91 Å². The summed E-state index contributed by atoms with van der Waals surface area (Å²) in [5.41, 5.74) is 5.11. The fourth-order valence-corrected chi connectivity index (χ4v) is 2.05. The van der Waals surface area contributed by atoms with Crippen molar-refractivity contribution in [2.75, 3.05) is 27.6 Å². The molecule has 10 nitrogen and oxygen atoms in total. The van der Waals surface area contributed by atoms with E-state index in [0.29, 0.717) is 19.4 Å². The van der Waals surface area contributed by atoms with Gasteiger partial charge in [0, 0.05) is 25.3 Å². The summed E-state index contributed by atoms with van der Waals surface area (Å²) < 4.78 is 24.7. The first-order chi connectivity index (χ1) is 13.9. The molecule has 1 fully saturated rings. The van der Waals surface area contributed by atoms with Gasteiger partial charge in [-0.25, -0.2) is 9.78 Å². The molecule has 1 aliphatic rings. The average molecular weight is 414 g/mol. The Kier molecular flexibility index (Phi) is 13.6. The topological polar surface area (TPSA) is 136 Å². The van der Waals surface area contributed by atoms with E-state index in [2.05, 4.69) is 9.72 Å². The van der Waals surface area contributed by atoms with Gasteiger partial charge in [0.15, 0.2) is 23.3 Å². The first-order valence-electron chi connectivity index (χ1n) is 9.25. The van der Waals surface area contributed by atoms with E-state index in [1.807, 2.05) is 13.8 Å². The van der Waals surface area contributed by atoms with E-state index >= 15 is 0 Å². The van der Waals surface area contributed by atoms with Gasteiger partial charge in [-0.2, -0.15) is 0 Å². The van der Waals surface area contributed by atoms with Crippen LogP contribution in [-0.4, -0.2) is 56.6 Å². The molecule has 2 heterocycles. The second-order valence-corrected chi connectivity index (χ2v) is 5.21. The Balaban J connectivity index is 0.000000841. The van der Waals surface area contributed by atoms with Gasteiger partial charge in [-0.05, 0) is 12.8 Å². The molecule has 0 spiro atoms. The lowest BCUT2D eigenvalue weighted by molar-refractivity contribution is -0.160. The van der Waals surface area contributed by atoms with Crippen LogP contribution in [0.1, 0.15) is 50.5 Å². The van der Waals surface area contributed by atoms with Gasteiger partial charge in [0.2, 0.25) is 6.79 Å². The van der Waals surface area contributed by atoms with E-state index in [9.17, 15) is 14.4 Å². The van der Waals surface area contributed by atoms with Crippen LogP contribution in [-0.2, 0) is 23.8 Å². The van der Waals surface area contributed by atoms with Crippen LogP contribution >= 0.6 is 0 Å². The third kappa shape index (κ3) is 9.24. The Morgan fingerprint density at radius 2 is 1.97 bits per heavy atom. The van der Waals surface area contributed by atoms with Crippen LogP contribution in [0.15, 0.2) is 12.3 Å². The molecule has 0 bridgehead atoms. The Morgan fingerprint density at radius 1 is 1.28 bits per heavy atom. The van der Waals surface area contributed by atoms with Crippen molar-refractivity contribution >= 4 is 17.8 Å². The Bertz CT molecular complexity index is 639. The SMILES string of the molecule is CC.CCC(=O)OC.COc1ccnc(C(N)=O)c1OCOC(=O)C1CCCO1. The number of aromatic nitrogens is 1. The predicted molar refractivity (Wildman–Crippen MR) is 104 cm³/mol. The summed E-state index contributed by atoms with van der Waals surface area (Å²) in [6, 6.07) is 1.50. The summed E-state index contributed by atoms with van der Waals surface area (Å²) in [4.78, 5) is 36.7. The summed E-state index contributed by atoms with van der Waals surface area (Å²) in [7, 11) is 2.79. The van der Waals surface area contributed by atoms with Crippen molar-refractivity contribution in [3.63, 3.8) is 0 Å². The lowest BCUT2D eigenvalue weighted by Crippen LogP contribution is -2.24. The van der Waals surface area contributed by atoms with E-state index < -0.39 is 18.0 Å². The molecule has 0 aromatic carbocycles. The molecule has 1 aliphatic heterocycles. The number of primary amides is 1. The van der Waals surface area contributed by atoms with E-state index in [1.54, 1.807) is 6.92 Å². The first kappa shape index (κ1) is 26.1. The number of carbonyl (C=O) groups is 3. The van der Waals surface area contributed by atoms with Crippen molar-refractivity contribution in [3.05, 3.63) is 18.0 Å². The number of ether oxygens (including phenoxy) is 5. The summed E-state index contributed by atoms with van der Waals surface area (Å²) in [6.45, 7) is 5.91. The molecule has 1 unspecified atom stereocenters. The Labute approximate surface area is 170 Å². The molecule has 1 amide bonds. The van der Waals surface area contributed by atoms with Crippen molar-refractivity contribution in [3.8, 4) is 11.5 Å². The maximum absolute atomic E-state index is 11.6. The normalized spacial score (nSPS) is 14.3. The zero-order chi connectivity index (χ0) is 22.2. The quantitative estimate of drug-likeness (QED) is 0.523. The molecule has 164 valence electrons. The van der Waals surface area contributed by atoms with Gasteiger partial charge < -0.3 is 29.4 Å². The molecule has 1 aromatic heterocycles. The molecule has 1 saturated heterocycles. The molecule has 1 aromatic rings. The van der Waals surface area contributed by atoms with E-state index in [-0.39, 0.29) is 30.0 Å². The van der Waals surface area contributed by atoms with Crippen LogP contribution in [0.25, 0.3) is 0 Å². The van der Waals surface area contributed by atoms with Crippen molar-refractivity contribution < 1.29 is 38.1 Å². The Hall–Kier alpha value is -2.88. The molecule has 2 rings (SSSR count). The molecule has 0 saturated carbocycles. The number of nitrogens with two attached hydrogens (primary N) is 1. The lowest BCUT2D eigenvalue weighted by atomic mass is 10.2. The molecular weight excluding hydrogens is 384 g/mol. The number of hydrogen-bond donors (Lipinski definition) is 1. The van der Waals surface area contributed by atoms with E-state index in [1.165, 1.54) is 26.5 Å². The first-order valence-corrected chi connectivity index (χ1v) is 9.25. The van der Waals surface area contributed by atoms with Crippen LogP contribution in [0.5, 0.6) is 11.5 Å². The number of methoxy groups -OCH3 is 2. The molecule has 29 heavy (non-hydrogen) atoms. The number of rotatable bonds is 7. The zero-order valence-electron chi connectivity index (χ0n) is 17.6. The van der Waals surface area contributed by atoms with Gasteiger partial charge in [-0.1, -0.05) is 20.8 Å². The highest BCUT2D eigenvalue weighted by Crippen LogP contribution is 2.29. The molecule has 10 heteroatoms. The third-order valence-corrected chi connectivity index (χ3v) is 3.44. The zero-order valence-corrected chi connectivity index (χ0v) is 17.6. The standard InChI is InChI=1S/C13H16N2O6.C4H8O2.C2H6/c1-18-8-4-5-15-10(12(14)16)11(8)20-7-21-13(17)9-3-2-6-19-9;1-3-4(5)6-2;1-2/h4-5,9H,2-3,6-7H2,1H3,(H2,14,16);3H2,1-2H3;1-2H3. The summed E-state index contributed by atoms with van der Waals surface area (Å²) in [5.74, 6) is -1.13. The Morgan fingerprint density at radius 3 is 2.41 bits per heavy atom. The number of nitrogens with zero attached hydrogens (tertiary/aromatic N) is 1. The monoisotopic (exact) mass is 414 g/mol. The summed E-state index contributed by atoms with van der Waals surface area (Å²) in [6.07, 6.45) is 2.73. The number of esters is 2. The predicted octanol–water partition coefficient (Wildman–Crippen LogP) is 1.84. The molecule has 2 N–H and O–H groups in total. The van der Waals surface area contributed by atoms with Crippen molar-refractivity contribution in [2.45, 2.75) is 46.1 Å². The lowest BCUT2D eigenvalue weighted by Gasteiger charge is -2.14. The number of amides is 1. The fourth-order valence-electron chi connectivity index (χ4n) is 2.05. The van der Waals surface area contributed by atoms with Gasteiger partial charge in [0.05, 0.1) is 14.2 Å². The molecule has 1 atom stereocenters. The molecular formula is C19H30N2O8. The maximum atomic E-state index is 11.6. The fraction of sp³-hybridized carbons (Fsp3) is 0.579. The van der Waals surface area contributed by atoms with Gasteiger partial charge >= 0.3 is 11.9 Å². The van der Waals surface area contributed by atoms with E-state index in [4.69, 9.17) is 24.7 Å². The van der Waals surface area contributed by atoms with Gasteiger partial charge in [0.1, 0.15) is 0 Å². The number of hydrogen-bond acceptors (Lipinski definition) is 9. The minimum atomic E-state index is -0.769. The molecule has 0 radical (unpaired) electrons. The highest BCUT2D eigenvalue weighted by molar-refractivity contribution is 5.94. The van der Waals surface area contributed by atoms with Crippen molar-refractivity contribution in [1.29, 1.82) is 0 Å². The maximum Gasteiger partial charge on any atom is 0.338 e. The highest BCUT2D eigenvalue weighted by atomic mass is 16.7. The minimum absolute atomic E-state index is 0.0349. The van der Waals surface area contributed by atoms with Crippen LogP contribution in [0.4, 0.5) is 0 Å². The van der Waals surface area contributed by atoms with Crippen LogP contribution in [0, 0.1) is 0 Å². The average Bonchev–Trinajstić information content (AvgIpc) is 3.30. The summed E-state index contributed by atoms with van der Waals surface area (Å²) >= 11 is 0. The summed E-state index contributed by atoms with van der Waals surface area (Å²) in [5, 5.41) is 0. The molecule has 0 aliphatic carbocycles. The van der Waals surface area contributed by atoms with Gasteiger partial charge in [-0.15, -0.1) is 0 Å². The van der Waals surface area contributed by atoms with Crippen molar-refractivity contribution in [1.82, 2.24) is 4.98 Å². The minimum Gasteiger partial charge on any atom is -0.493 e. The highest BCUT2D eigenvalue weighted by Gasteiger charge is 2.25. The number of carbonyl (C=O) groups excluding carboxylic acids is 3. The van der Waals surface area contributed by atoms with E-state index in [0.717, 1.165) is 6.42 Å².